The Labute approximate surface area is 119 Å². The largest absolute Gasteiger partial charge is 0.381 e. The average Bonchev–Trinajstić information content (AvgIpc) is 2.97. The van der Waals surface area contributed by atoms with Gasteiger partial charge in [-0.25, -0.2) is 0 Å². The van der Waals surface area contributed by atoms with Crippen LogP contribution >= 0.6 is 0 Å². The molecule has 0 radical (unpaired) electrons. The summed E-state index contributed by atoms with van der Waals surface area (Å²) in [7, 11) is 0. The number of H-pyrrole nitrogens is 1. The molecule has 1 amide bonds. The summed E-state index contributed by atoms with van der Waals surface area (Å²) in [5.41, 5.74) is 2.60. The number of rotatable bonds is 5. The van der Waals surface area contributed by atoms with Gasteiger partial charge in [-0.05, 0) is 38.2 Å². The van der Waals surface area contributed by atoms with Gasteiger partial charge in [-0.3, -0.25) is 9.59 Å². The molecule has 5 nitrogen and oxygen atoms in total. The lowest BCUT2D eigenvalue weighted by Crippen LogP contribution is -2.27. The number of nitrogens with one attached hydrogen (secondary N) is 2. The summed E-state index contributed by atoms with van der Waals surface area (Å²) in [5, 5.41) is 2.93. The van der Waals surface area contributed by atoms with Gasteiger partial charge >= 0.3 is 0 Å². The summed E-state index contributed by atoms with van der Waals surface area (Å²) in [5.74, 6) is 0.395. The van der Waals surface area contributed by atoms with Gasteiger partial charge in [0.25, 0.3) is 5.91 Å². The van der Waals surface area contributed by atoms with Crippen LogP contribution in [0.1, 0.15) is 51.9 Å². The first kappa shape index (κ1) is 14.8. The normalized spacial score (nSPS) is 18.2. The molecular weight excluding hydrogens is 256 g/mol. The van der Waals surface area contributed by atoms with Crippen LogP contribution in [-0.2, 0) is 4.74 Å². The van der Waals surface area contributed by atoms with Crippen molar-refractivity contribution in [1.29, 1.82) is 0 Å². The van der Waals surface area contributed by atoms with Gasteiger partial charge in [0.1, 0.15) is 0 Å². The highest BCUT2D eigenvalue weighted by Gasteiger charge is 2.20. The predicted molar refractivity (Wildman–Crippen MR) is 76.1 cm³/mol. The van der Waals surface area contributed by atoms with E-state index in [1.807, 2.05) is 6.92 Å². The molecule has 2 N–H and O–H groups in total. The number of ketones is 1. The highest BCUT2D eigenvalue weighted by molar-refractivity contribution is 6.02. The van der Waals surface area contributed by atoms with Crippen LogP contribution in [-0.4, -0.2) is 36.4 Å². The van der Waals surface area contributed by atoms with Crippen LogP contribution in [0, 0.1) is 19.8 Å². The van der Waals surface area contributed by atoms with E-state index in [0.29, 0.717) is 23.7 Å². The molecule has 0 saturated carbocycles. The van der Waals surface area contributed by atoms with Crippen LogP contribution < -0.4 is 5.32 Å². The number of carbonyl (C=O) groups excluding carboxylic acids is 2. The fourth-order valence-electron chi connectivity index (χ4n) is 2.73. The second kappa shape index (κ2) is 6.22. The van der Waals surface area contributed by atoms with E-state index < -0.39 is 0 Å². The maximum Gasteiger partial charge on any atom is 0.253 e. The zero-order valence-electron chi connectivity index (χ0n) is 12.3. The second-order valence-corrected chi connectivity index (χ2v) is 5.46. The molecule has 5 heteroatoms. The van der Waals surface area contributed by atoms with Gasteiger partial charge in [-0.15, -0.1) is 0 Å². The van der Waals surface area contributed by atoms with Gasteiger partial charge < -0.3 is 15.0 Å². The number of ether oxygens (including phenoxy) is 1. The highest BCUT2D eigenvalue weighted by Crippen LogP contribution is 2.19. The molecule has 1 aliphatic heterocycles. The van der Waals surface area contributed by atoms with E-state index >= 15 is 0 Å². The first-order chi connectivity index (χ1) is 9.50. The molecule has 1 aliphatic rings. The molecule has 2 rings (SSSR count). The molecule has 0 aliphatic carbocycles. The van der Waals surface area contributed by atoms with E-state index in [1.165, 1.54) is 6.92 Å². The Morgan fingerprint density at radius 1 is 1.40 bits per heavy atom. The van der Waals surface area contributed by atoms with E-state index in [4.69, 9.17) is 4.74 Å². The maximum absolute atomic E-state index is 12.2. The van der Waals surface area contributed by atoms with Crippen LogP contribution in [0.15, 0.2) is 0 Å². The van der Waals surface area contributed by atoms with Crippen molar-refractivity contribution in [2.24, 2.45) is 5.92 Å². The summed E-state index contributed by atoms with van der Waals surface area (Å²) in [4.78, 5) is 26.7. The van der Waals surface area contributed by atoms with Crippen LogP contribution in [0.3, 0.4) is 0 Å². The smallest absolute Gasteiger partial charge is 0.253 e. The van der Waals surface area contributed by atoms with E-state index in [-0.39, 0.29) is 11.7 Å². The lowest BCUT2D eigenvalue weighted by atomic mass is 10.0. The van der Waals surface area contributed by atoms with E-state index in [2.05, 4.69) is 10.3 Å². The number of aryl methyl sites for hydroxylation is 1. The van der Waals surface area contributed by atoms with Crippen molar-refractivity contribution >= 4 is 11.7 Å². The zero-order chi connectivity index (χ0) is 14.7. The minimum Gasteiger partial charge on any atom is -0.381 e. The van der Waals surface area contributed by atoms with Crippen molar-refractivity contribution in [2.75, 3.05) is 19.8 Å². The molecule has 1 aromatic heterocycles. The Balaban J connectivity index is 1.96. The summed E-state index contributed by atoms with van der Waals surface area (Å²) in [6.45, 7) is 7.40. The Morgan fingerprint density at radius 2 is 2.15 bits per heavy atom. The number of aromatic nitrogens is 1. The van der Waals surface area contributed by atoms with Crippen molar-refractivity contribution in [1.82, 2.24) is 10.3 Å². The predicted octanol–water partition coefficient (Wildman–Crippen LogP) is 1.99. The molecule has 1 atom stereocenters. The molecule has 1 aromatic rings. The molecule has 0 aromatic carbocycles. The molecule has 0 unspecified atom stereocenters. The van der Waals surface area contributed by atoms with Gasteiger partial charge in [0.15, 0.2) is 5.78 Å². The molecule has 1 saturated heterocycles. The zero-order valence-corrected chi connectivity index (χ0v) is 12.3. The van der Waals surface area contributed by atoms with Crippen LogP contribution in [0.4, 0.5) is 0 Å². The van der Waals surface area contributed by atoms with Gasteiger partial charge in [-0.1, -0.05) is 0 Å². The Morgan fingerprint density at radius 3 is 2.70 bits per heavy atom. The van der Waals surface area contributed by atoms with Gasteiger partial charge in [-0.2, -0.15) is 0 Å². The summed E-state index contributed by atoms with van der Waals surface area (Å²) in [6, 6.07) is 0. The topological polar surface area (TPSA) is 71.2 Å². The number of aromatic amines is 1. The first-order valence-corrected chi connectivity index (χ1v) is 7.06. The van der Waals surface area contributed by atoms with Crippen molar-refractivity contribution in [2.45, 2.75) is 33.6 Å². The van der Waals surface area contributed by atoms with E-state index in [1.54, 1.807) is 6.92 Å². The number of amides is 1. The molecule has 110 valence electrons. The molecule has 1 fully saturated rings. The van der Waals surface area contributed by atoms with Crippen LogP contribution in [0.25, 0.3) is 0 Å². The fraction of sp³-hybridized carbons (Fsp3) is 0.600. The van der Waals surface area contributed by atoms with Crippen molar-refractivity contribution in [3.63, 3.8) is 0 Å². The van der Waals surface area contributed by atoms with Crippen LogP contribution in [0.2, 0.25) is 0 Å². The lowest BCUT2D eigenvalue weighted by Gasteiger charge is -2.09. The SMILES string of the molecule is CC(=O)c1[nH]c(C)c(C(=O)NCC[C@@H]2CCOC2)c1C. The summed E-state index contributed by atoms with van der Waals surface area (Å²) >= 11 is 0. The minimum absolute atomic E-state index is 0.0484. The monoisotopic (exact) mass is 278 g/mol. The molecule has 2 heterocycles. The van der Waals surface area contributed by atoms with Gasteiger partial charge in [0, 0.05) is 32.4 Å². The molecule has 0 bridgehead atoms. The van der Waals surface area contributed by atoms with Crippen molar-refractivity contribution in [3.8, 4) is 0 Å². The maximum atomic E-state index is 12.2. The van der Waals surface area contributed by atoms with Gasteiger partial charge in [0.05, 0.1) is 11.3 Å². The molecule has 0 spiro atoms. The number of Topliss-reactive ketones (excluding diaryl/α,β-unsaturated/α-hetero) is 1. The Kier molecular flexibility index (Phi) is 4.60. The Hall–Kier alpha value is -1.62. The average molecular weight is 278 g/mol. The first-order valence-electron chi connectivity index (χ1n) is 7.06. The molecule has 20 heavy (non-hydrogen) atoms. The quantitative estimate of drug-likeness (QED) is 0.809. The standard InChI is InChI=1S/C15H22N2O3/c1-9-13(10(2)17-14(9)11(3)18)15(19)16-6-4-12-5-7-20-8-12/h12,17H,4-8H2,1-3H3,(H,16,19)/t12-/m1/s1. The Bertz CT molecular complexity index is 513. The third-order valence-electron chi connectivity index (χ3n) is 3.88. The third-order valence-corrected chi connectivity index (χ3v) is 3.88. The molecular formula is C15H22N2O3. The van der Waals surface area contributed by atoms with Crippen LogP contribution in [0.5, 0.6) is 0 Å². The second-order valence-electron chi connectivity index (χ2n) is 5.46. The number of carbonyl (C=O) groups is 2. The van der Waals surface area contributed by atoms with Gasteiger partial charge in [0.2, 0.25) is 0 Å². The van der Waals surface area contributed by atoms with Crippen molar-refractivity contribution in [3.05, 3.63) is 22.5 Å². The van der Waals surface area contributed by atoms with E-state index in [0.717, 1.165) is 37.3 Å². The third kappa shape index (κ3) is 3.10. The lowest BCUT2D eigenvalue weighted by molar-refractivity contribution is 0.0949. The number of hydrogen-bond donors (Lipinski definition) is 2. The summed E-state index contributed by atoms with van der Waals surface area (Å²) < 4.78 is 5.31. The van der Waals surface area contributed by atoms with Crippen molar-refractivity contribution < 1.29 is 14.3 Å². The fourth-order valence-corrected chi connectivity index (χ4v) is 2.73. The number of hydrogen-bond acceptors (Lipinski definition) is 3. The van der Waals surface area contributed by atoms with E-state index in [9.17, 15) is 9.59 Å². The highest BCUT2D eigenvalue weighted by atomic mass is 16.5. The summed E-state index contributed by atoms with van der Waals surface area (Å²) in [6.07, 6.45) is 2.01. The minimum atomic E-state index is -0.109.